The van der Waals surface area contributed by atoms with Crippen molar-refractivity contribution in [3.05, 3.63) is 12.4 Å². The molecule has 1 aromatic heterocycles. The standard InChI is InChI=1S/C12H22N4O3S/c1-2-13-5-3-6-16-9-12(8-14-16)20(17,18)15-11-4-7-19-10-11/h8-9,11,13,15H,2-7,10H2,1H3. The van der Waals surface area contributed by atoms with Gasteiger partial charge in [0.25, 0.3) is 0 Å². The molecule has 0 saturated carbocycles. The van der Waals surface area contributed by atoms with E-state index in [0.717, 1.165) is 25.9 Å². The summed E-state index contributed by atoms with van der Waals surface area (Å²) in [6, 6.07) is -0.128. The Morgan fingerprint density at radius 2 is 2.40 bits per heavy atom. The minimum Gasteiger partial charge on any atom is -0.380 e. The van der Waals surface area contributed by atoms with Crippen molar-refractivity contribution < 1.29 is 13.2 Å². The van der Waals surface area contributed by atoms with Gasteiger partial charge in [0.05, 0.1) is 12.8 Å². The van der Waals surface area contributed by atoms with Crippen molar-refractivity contribution in [2.45, 2.75) is 37.2 Å². The summed E-state index contributed by atoms with van der Waals surface area (Å²) in [5.41, 5.74) is 0. The fraction of sp³-hybridized carbons (Fsp3) is 0.750. The molecule has 1 aliphatic rings. The Bertz CT molecular complexity index is 509. The summed E-state index contributed by atoms with van der Waals surface area (Å²) >= 11 is 0. The van der Waals surface area contributed by atoms with Gasteiger partial charge in [0.1, 0.15) is 4.90 Å². The molecule has 1 saturated heterocycles. The molecule has 1 atom stereocenters. The van der Waals surface area contributed by atoms with Crippen LogP contribution in [0.1, 0.15) is 19.8 Å². The average molecular weight is 302 g/mol. The van der Waals surface area contributed by atoms with Crippen LogP contribution in [-0.2, 0) is 21.3 Å². The summed E-state index contributed by atoms with van der Waals surface area (Å²) in [4.78, 5) is 0.216. The Morgan fingerprint density at radius 3 is 3.10 bits per heavy atom. The third-order valence-electron chi connectivity index (χ3n) is 3.16. The Kier molecular flexibility index (Phi) is 5.53. The number of rotatable bonds is 8. The van der Waals surface area contributed by atoms with Crippen LogP contribution in [0.4, 0.5) is 0 Å². The number of aromatic nitrogens is 2. The summed E-state index contributed by atoms with van der Waals surface area (Å²) in [5.74, 6) is 0. The fourth-order valence-electron chi connectivity index (χ4n) is 2.06. The minimum atomic E-state index is -3.49. The average Bonchev–Trinajstić information content (AvgIpc) is 3.05. The maximum atomic E-state index is 12.1. The van der Waals surface area contributed by atoms with Crippen LogP contribution < -0.4 is 10.0 Å². The molecule has 114 valence electrons. The molecule has 8 heteroatoms. The van der Waals surface area contributed by atoms with Gasteiger partial charge in [0.2, 0.25) is 10.0 Å². The van der Waals surface area contributed by atoms with Crippen LogP contribution in [0.3, 0.4) is 0 Å². The summed E-state index contributed by atoms with van der Waals surface area (Å²) in [5, 5.41) is 7.31. The Hall–Kier alpha value is -0.960. The molecule has 20 heavy (non-hydrogen) atoms. The zero-order chi connectivity index (χ0) is 14.4. The first-order valence-electron chi connectivity index (χ1n) is 6.95. The van der Waals surface area contributed by atoms with Crippen LogP contribution in [0, 0.1) is 0 Å². The van der Waals surface area contributed by atoms with E-state index in [1.54, 1.807) is 10.9 Å². The fourth-order valence-corrected chi connectivity index (χ4v) is 3.27. The first-order chi connectivity index (χ1) is 9.62. The van der Waals surface area contributed by atoms with E-state index in [1.807, 2.05) is 0 Å². The monoisotopic (exact) mass is 302 g/mol. The number of sulfonamides is 1. The van der Waals surface area contributed by atoms with Crippen molar-refractivity contribution in [2.24, 2.45) is 0 Å². The molecular weight excluding hydrogens is 280 g/mol. The van der Waals surface area contributed by atoms with Gasteiger partial charge >= 0.3 is 0 Å². The van der Waals surface area contributed by atoms with Crippen LogP contribution in [0.2, 0.25) is 0 Å². The van der Waals surface area contributed by atoms with E-state index in [-0.39, 0.29) is 10.9 Å². The lowest BCUT2D eigenvalue weighted by Crippen LogP contribution is -2.34. The third-order valence-corrected chi connectivity index (χ3v) is 4.64. The zero-order valence-corrected chi connectivity index (χ0v) is 12.5. The lowest BCUT2D eigenvalue weighted by molar-refractivity contribution is 0.192. The smallest absolute Gasteiger partial charge is 0.244 e. The summed E-state index contributed by atoms with van der Waals surface area (Å²) in [6.45, 7) is 5.64. The number of aryl methyl sites for hydroxylation is 1. The highest BCUT2D eigenvalue weighted by Crippen LogP contribution is 2.11. The van der Waals surface area contributed by atoms with Gasteiger partial charge in [-0.3, -0.25) is 4.68 Å². The number of nitrogens with zero attached hydrogens (tertiary/aromatic N) is 2. The van der Waals surface area contributed by atoms with Gasteiger partial charge in [-0.1, -0.05) is 6.92 Å². The number of ether oxygens (including phenoxy) is 1. The van der Waals surface area contributed by atoms with Crippen LogP contribution in [-0.4, -0.2) is 50.5 Å². The molecule has 0 radical (unpaired) electrons. The van der Waals surface area contributed by atoms with Gasteiger partial charge < -0.3 is 10.1 Å². The summed E-state index contributed by atoms with van der Waals surface area (Å²) < 4.78 is 33.8. The Labute approximate surface area is 119 Å². The highest BCUT2D eigenvalue weighted by Gasteiger charge is 2.24. The second-order valence-electron chi connectivity index (χ2n) is 4.83. The molecule has 7 nitrogen and oxygen atoms in total. The van der Waals surface area contributed by atoms with Gasteiger partial charge in [-0.2, -0.15) is 5.10 Å². The SMILES string of the molecule is CCNCCCn1cc(S(=O)(=O)NC2CCOC2)cn1. The largest absolute Gasteiger partial charge is 0.380 e. The molecule has 0 aliphatic carbocycles. The molecule has 1 aliphatic heterocycles. The lowest BCUT2D eigenvalue weighted by atomic mass is 10.3. The van der Waals surface area contributed by atoms with E-state index in [9.17, 15) is 8.42 Å². The van der Waals surface area contributed by atoms with Gasteiger partial charge in [-0.15, -0.1) is 0 Å². The van der Waals surface area contributed by atoms with E-state index < -0.39 is 10.0 Å². The Morgan fingerprint density at radius 1 is 1.55 bits per heavy atom. The molecule has 2 rings (SSSR count). The van der Waals surface area contributed by atoms with Crippen molar-refractivity contribution in [3.8, 4) is 0 Å². The van der Waals surface area contributed by atoms with Crippen molar-refractivity contribution in [3.63, 3.8) is 0 Å². The third kappa shape index (κ3) is 4.27. The molecule has 0 aromatic carbocycles. The zero-order valence-electron chi connectivity index (χ0n) is 11.7. The van der Waals surface area contributed by atoms with E-state index >= 15 is 0 Å². The van der Waals surface area contributed by atoms with Crippen molar-refractivity contribution in [1.29, 1.82) is 0 Å². The number of nitrogens with one attached hydrogen (secondary N) is 2. The molecule has 1 unspecified atom stereocenters. The second-order valence-corrected chi connectivity index (χ2v) is 6.54. The maximum Gasteiger partial charge on any atom is 0.244 e. The molecule has 2 heterocycles. The summed E-state index contributed by atoms with van der Waals surface area (Å²) in [6.07, 6.45) is 4.60. The Balaban J connectivity index is 1.89. The highest BCUT2D eigenvalue weighted by atomic mass is 32.2. The minimum absolute atomic E-state index is 0.128. The predicted octanol–water partition coefficient (Wildman–Crippen LogP) is -0.0501. The molecule has 0 spiro atoms. The molecule has 1 aromatic rings. The lowest BCUT2D eigenvalue weighted by Gasteiger charge is -2.09. The highest BCUT2D eigenvalue weighted by molar-refractivity contribution is 7.89. The van der Waals surface area contributed by atoms with Gasteiger partial charge in [0, 0.05) is 25.4 Å². The van der Waals surface area contributed by atoms with E-state index in [4.69, 9.17) is 4.74 Å². The van der Waals surface area contributed by atoms with Gasteiger partial charge in [-0.25, -0.2) is 13.1 Å². The van der Waals surface area contributed by atoms with Crippen molar-refractivity contribution >= 4 is 10.0 Å². The first kappa shape index (κ1) is 15.4. The van der Waals surface area contributed by atoms with Gasteiger partial charge in [0.15, 0.2) is 0 Å². The quantitative estimate of drug-likeness (QED) is 0.658. The topological polar surface area (TPSA) is 85.2 Å². The van der Waals surface area contributed by atoms with E-state index in [1.165, 1.54) is 6.20 Å². The molecule has 0 amide bonds. The van der Waals surface area contributed by atoms with E-state index in [2.05, 4.69) is 22.1 Å². The van der Waals surface area contributed by atoms with Crippen LogP contribution in [0.5, 0.6) is 0 Å². The summed E-state index contributed by atoms with van der Waals surface area (Å²) in [7, 11) is -3.49. The molecule has 2 N–H and O–H groups in total. The molecule has 0 bridgehead atoms. The molecule has 1 fully saturated rings. The van der Waals surface area contributed by atoms with E-state index in [0.29, 0.717) is 19.8 Å². The van der Waals surface area contributed by atoms with Gasteiger partial charge in [-0.05, 0) is 25.9 Å². The second kappa shape index (κ2) is 7.16. The number of hydrogen-bond donors (Lipinski definition) is 2. The van der Waals surface area contributed by atoms with Crippen LogP contribution in [0.25, 0.3) is 0 Å². The maximum absolute atomic E-state index is 12.1. The van der Waals surface area contributed by atoms with Crippen LogP contribution >= 0.6 is 0 Å². The van der Waals surface area contributed by atoms with Crippen molar-refractivity contribution in [1.82, 2.24) is 19.8 Å². The van der Waals surface area contributed by atoms with Crippen molar-refractivity contribution in [2.75, 3.05) is 26.3 Å². The molecular formula is C12H22N4O3S. The van der Waals surface area contributed by atoms with Crippen LogP contribution in [0.15, 0.2) is 17.3 Å². The normalized spacial score (nSPS) is 19.6. The predicted molar refractivity (Wildman–Crippen MR) is 74.9 cm³/mol. The number of hydrogen-bond acceptors (Lipinski definition) is 5. The first-order valence-corrected chi connectivity index (χ1v) is 8.43.